The number of rotatable bonds is 7. The van der Waals surface area contributed by atoms with Crippen LogP contribution in [0, 0.1) is 11.6 Å². The van der Waals surface area contributed by atoms with Crippen LogP contribution in [0.3, 0.4) is 0 Å². The molecule has 0 radical (unpaired) electrons. The highest BCUT2D eigenvalue weighted by Crippen LogP contribution is 2.08. The summed E-state index contributed by atoms with van der Waals surface area (Å²) >= 11 is 0. The lowest BCUT2D eigenvalue weighted by molar-refractivity contribution is -0.116. The van der Waals surface area contributed by atoms with Gasteiger partial charge in [0.05, 0.1) is 5.56 Å². The molecule has 0 aliphatic carbocycles. The number of nitrogens with one attached hydrogen (secondary N) is 2. The highest BCUT2D eigenvalue weighted by atomic mass is 19.1. The number of carbonyl (C=O) groups excluding carboxylic acids is 2. The van der Waals surface area contributed by atoms with Gasteiger partial charge >= 0.3 is 0 Å². The number of allylic oxidation sites excluding steroid dienone is 1. The van der Waals surface area contributed by atoms with Crippen LogP contribution < -0.4 is 10.6 Å². The minimum absolute atomic E-state index is 0.156. The molecule has 0 aliphatic rings. The van der Waals surface area contributed by atoms with Gasteiger partial charge in [0.1, 0.15) is 11.6 Å². The molecule has 0 saturated heterocycles. The molecule has 0 heterocycles. The third-order valence-electron chi connectivity index (χ3n) is 2.61. The normalized spacial score (nSPS) is 10.6. The fourth-order valence-electron chi connectivity index (χ4n) is 1.55. The van der Waals surface area contributed by atoms with E-state index in [0.29, 0.717) is 6.07 Å². The van der Waals surface area contributed by atoms with Crippen LogP contribution in [0.1, 0.15) is 30.1 Å². The van der Waals surface area contributed by atoms with Crippen LogP contribution >= 0.6 is 0 Å². The molecule has 0 saturated carbocycles. The summed E-state index contributed by atoms with van der Waals surface area (Å²) in [6.07, 6.45) is 4.99. The largest absolute Gasteiger partial charge is 0.351 e. The zero-order valence-corrected chi connectivity index (χ0v) is 11.8. The monoisotopic (exact) mass is 296 g/mol. The van der Waals surface area contributed by atoms with Crippen LogP contribution in [0.2, 0.25) is 0 Å². The Morgan fingerprint density at radius 1 is 1.19 bits per heavy atom. The van der Waals surface area contributed by atoms with Crippen LogP contribution in [-0.4, -0.2) is 24.9 Å². The molecule has 0 fully saturated rings. The zero-order valence-electron chi connectivity index (χ0n) is 11.8. The molecule has 114 valence electrons. The maximum absolute atomic E-state index is 13.3. The lowest BCUT2D eigenvalue weighted by Gasteiger charge is -2.06. The van der Waals surface area contributed by atoms with Crippen LogP contribution in [0.4, 0.5) is 8.78 Å². The Balaban J connectivity index is 2.32. The van der Waals surface area contributed by atoms with E-state index in [9.17, 15) is 18.4 Å². The summed E-state index contributed by atoms with van der Waals surface area (Å²) in [6, 6.07) is 2.74. The molecular weight excluding hydrogens is 278 g/mol. The number of halogens is 2. The molecule has 4 nitrogen and oxygen atoms in total. The van der Waals surface area contributed by atoms with Gasteiger partial charge in [-0.1, -0.05) is 19.4 Å². The molecule has 0 atom stereocenters. The predicted octanol–water partition coefficient (Wildman–Crippen LogP) is 2.17. The van der Waals surface area contributed by atoms with Crippen molar-refractivity contribution in [2.75, 3.05) is 13.1 Å². The summed E-state index contributed by atoms with van der Waals surface area (Å²) in [5.41, 5.74) is -0.231. The maximum Gasteiger partial charge on any atom is 0.254 e. The van der Waals surface area contributed by atoms with Crippen molar-refractivity contribution in [1.82, 2.24) is 10.6 Å². The number of hydrogen-bond donors (Lipinski definition) is 2. The molecule has 0 bridgehead atoms. The number of hydrogen-bond acceptors (Lipinski definition) is 2. The second kappa shape index (κ2) is 8.84. The smallest absolute Gasteiger partial charge is 0.254 e. The van der Waals surface area contributed by atoms with Gasteiger partial charge in [-0.2, -0.15) is 0 Å². The van der Waals surface area contributed by atoms with Crippen molar-refractivity contribution in [2.24, 2.45) is 0 Å². The van der Waals surface area contributed by atoms with E-state index in [4.69, 9.17) is 0 Å². The van der Waals surface area contributed by atoms with Gasteiger partial charge in [0.2, 0.25) is 5.91 Å². The Bertz CT molecular complexity index is 530. The van der Waals surface area contributed by atoms with Crippen LogP contribution in [-0.2, 0) is 4.79 Å². The van der Waals surface area contributed by atoms with Crippen LogP contribution in [0.25, 0.3) is 0 Å². The Kier molecular flexibility index (Phi) is 7.08. The first-order valence-corrected chi connectivity index (χ1v) is 6.72. The molecule has 2 N–H and O–H groups in total. The highest BCUT2D eigenvalue weighted by Gasteiger charge is 2.11. The average Bonchev–Trinajstić information content (AvgIpc) is 2.43. The summed E-state index contributed by atoms with van der Waals surface area (Å²) in [5, 5.41) is 5.02. The lowest BCUT2D eigenvalue weighted by Crippen LogP contribution is -2.34. The number of carbonyl (C=O) groups is 2. The van der Waals surface area contributed by atoms with Gasteiger partial charge in [0.15, 0.2) is 0 Å². The topological polar surface area (TPSA) is 58.2 Å². The van der Waals surface area contributed by atoms with Gasteiger partial charge in [-0.15, -0.1) is 0 Å². The lowest BCUT2D eigenvalue weighted by atomic mass is 10.2. The number of amides is 2. The van der Waals surface area contributed by atoms with E-state index in [2.05, 4.69) is 10.6 Å². The van der Waals surface area contributed by atoms with Gasteiger partial charge in [-0.05, 0) is 24.6 Å². The fraction of sp³-hybridized carbons (Fsp3) is 0.333. The Hall–Kier alpha value is -2.24. The first-order chi connectivity index (χ1) is 10.0. The van der Waals surface area contributed by atoms with E-state index in [1.54, 1.807) is 6.08 Å². The van der Waals surface area contributed by atoms with Crippen molar-refractivity contribution in [3.05, 3.63) is 47.5 Å². The zero-order chi connectivity index (χ0) is 15.7. The molecule has 1 rings (SSSR count). The standard InChI is InChI=1S/C15H18F2N2O2/c1-2-3-4-5-14(20)18-8-9-19-15(21)12-7-6-11(16)10-13(12)17/h4-7,10H,2-3,8-9H2,1H3,(H,18,20)(H,19,21)/b5-4+. The second-order valence-electron chi connectivity index (χ2n) is 4.36. The Morgan fingerprint density at radius 3 is 2.57 bits per heavy atom. The number of unbranched alkanes of at least 4 members (excludes halogenated alkanes) is 1. The molecule has 0 spiro atoms. The summed E-state index contributed by atoms with van der Waals surface area (Å²) in [6.45, 7) is 2.39. The Morgan fingerprint density at radius 2 is 1.90 bits per heavy atom. The van der Waals surface area contributed by atoms with E-state index in [1.165, 1.54) is 6.08 Å². The molecular formula is C15H18F2N2O2. The van der Waals surface area contributed by atoms with Gasteiger partial charge in [-0.3, -0.25) is 9.59 Å². The van der Waals surface area contributed by atoms with Crippen molar-refractivity contribution in [3.63, 3.8) is 0 Å². The van der Waals surface area contributed by atoms with E-state index in [-0.39, 0.29) is 24.6 Å². The maximum atomic E-state index is 13.3. The average molecular weight is 296 g/mol. The molecule has 2 amide bonds. The third-order valence-corrected chi connectivity index (χ3v) is 2.61. The highest BCUT2D eigenvalue weighted by molar-refractivity contribution is 5.94. The molecule has 6 heteroatoms. The molecule has 1 aromatic rings. The van der Waals surface area contributed by atoms with E-state index in [0.717, 1.165) is 25.0 Å². The predicted molar refractivity (Wildman–Crippen MR) is 75.7 cm³/mol. The van der Waals surface area contributed by atoms with Gasteiger partial charge in [0.25, 0.3) is 5.91 Å². The van der Waals surface area contributed by atoms with Crippen molar-refractivity contribution in [3.8, 4) is 0 Å². The van der Waals surface area contributed by atoms with E-state index < -0.39 is 17.5 Å². The molecule has 0 aliphatic heterocycles. The summed E-state index contributed by atoms with van der Waals surface area (Å²) in [4.78, 5) is 22.9. The molecule has 0 aromatic heterocycles. The quantitative estimate of drug-likeness (QED) is 0.598. The Labute approximate surface area is 122 Å². The molecule has 21 heavy (non-hydrogen) atoms. The minimum Gasteiger partial charge on any atom is -0.351 e. The van der Waals surface area contributed by atoms with Gasteiger partial charge < -0.3 is 10.6 Å². The fourth-order valence-corrected chi connectivity index (χ4v) is 1.55. The van der Waals surface area contributed by atoms with Crippen molar-refractivity contribution < 1.29 is 18.4 Å². The molecule has 1 aromatic carbocycles. The van der Waals surface area contributed by atoms with Crippen molar-refractivity contribution >= 4 is 11.8 Å². The molecule has 0 unspecified atom stereocenters. The summed E-state index contributed by atoms with van der Waals surface area (Å²) in [5.74, 6) is -2.55. The second-order valence-corrected chi connectivity index (χ2v) is 4.36. The minimum atomic E-state index is -0.918. The SMILES string of the molecule is CCC/C=C/C(=O)NCCNC(=O)c1ccc(F)cc1F. The summed E-state index contributed by atoms with van der Waals surface area (Å²) in [7, 11) is 0. The van der Waals surface area contributed by atoms with E-state index >= 15 is 0 Å². The van der Waals surface area contributed by atoms with Crippen molar-refractivity contribution in [2.45, 2.75) is 19.8 Å². The first-order valence-electron chi connectivity index (χ1n) is 6.72. The van der Waals surface area contributed by atoms with Crippen molar-refractivity contribution in [1.29, 1.82) is 0 Å². The van der Waals surface area contributed by atoms with Gasteiger partial charge in [0, 0.05) is 19.2 Å². The van der Waals surface area contributed by atoms with Crippen LogP contribution in [0.15, 0.2) is 30.4 Å². The summed E-state index contributed by atoms with van der Waals surface area (Å²) < 4.78 is 26.0. The van der Waals surface area contributed by atoms with E-state index in [1.807, 2.05) is 6.92 Å². The first kappa shape index (κ1) is 16.8. The number of benzene rings is 1. The third kappa shape index (κ3) is 6.16. The van der Waals surface area contributed by atoms with Gasteiger partial charge in [-0.25, -0.2) is 8.78 Å². The van der Waals surface area contributed by atoms with Crippen LogP contribution in [0.5, 0.6) is 0 Å².